The van der Waals surface area contributed by atoms with Crippen molar-refractivity contribution < 1.29 is 4.39 Å². The summed E-state index contributed by atoms with van der Waals surface area (Å²) in [5.74, 6) is 6.99. The number of rotatable bonds is 4. The third kappa shape index (κ3) is 3.31. The van der Waals surface area contributed by atoms with E-state index in [4.69, 9.17) is 5.84 Å². The fourth-order valence-electron chi connectivity index (χ4n) is 1.90. The number of benzene rings is 2. The monoisotopic (exact) mass is 378 g/mol. The van der Waals surface area contributed by atoms with Crippen LogP contribution in [0.25, 0.3) is 11.4 Å². The molecule has 0 aliphatic carbocycles. The molecule has 112 valence electrons. The smallest absolute Gasteiger partial charge is 0.210 e. The normalized spacial score (nSPS) is 10.8. The molecule has 1 aromatic heterocycles. The van der Waals surface area contributed by atoms with Crippen LogP contribution in [-0.2, 0) is 5.75 Å². The number of nitrogen functional groups attached to an aromatic ring is 1. The van der Waals surface area contributed by atoms with Crippen molar-refractivity contribution in [3.63, 3.8) is 0 Å². The third-order valence-electron chi connectivity index (χ3n) is 3.05. The molecule has 0 bridgehead atoms. The SMILES string of the molecule is Nn1c(SCc2ccc(Br)cc2)nnc1-c1ccc(F)cc1. The van der Waals surface area contributed by atoms with Gasteiger partial charge in [0, 0.05) is 15.8 Å². The van der Waals surface area contributed by atoms with Crippen molar-refractivity contribution in [1.82, 2.24) is 14.9 Å². The van der Waals surface area contributed by atoms with Gasteiger partial charge in [0.2, 0.25) is 5.16 Å². The average molecular weight is 379 g/mol. The molecular weight excluding hydrogens is 367 g/mol. The maximum Gasteiger partial charge on any atom is 0.210 e. The van der Waals surface area contributed by atoms with Crippen LogP contribution in [0.3, 0.4) is 0 Å². The molecular formula is C15H12BrFN4S. The van der Waals surface area contributed by atoms with Crippen molar-refractivity contribution in [3.8, 4) is 11.4 Å². The van der Waals surface area contributed by atoms with E-state index in [0.29, 0.717) is 11.0 Å². The van der Waals surface area contributed by atoms with Gasteiger partial charge in [0.05, 0.1) is 0 Å². The van der Waals surface area contributed by atoms with Gasteiger partial charge >= 0.3 is 0 Å². The Bertz CT molecular complexity index is 771. The van der Waals surface area contributed by atoms with E-state index >= 15 is 0 Å². The van der Waals surface area contributed by atoms with Crippen molar-refractivity contribution in [1.29, 1.82) is 0 Å². The maximum absolute atomic E-state index is 13.0. The number of nitrogens with zero attached hydrogens (tertiary/aromatic N) is 3. The Morgan fingerprint density at radius 2 is 1.73 bits per heavy atom. The number of thioether (sulfide) groups is 1. The molecule has 0 fully saturated rings. The molecule has 0 saturated carbocycles. The van der Waals surface area contributed by atoms with Gasteiger partial charge in [-0.25, -0.2) is 9.07 Å². The molecule has 3 aromatic rings. The quantitative estimate of drug-likeness (QED) is 0.553. The predicted octanol–water partition coefficient (Wildman–Crippen LogP) is 3.85. The summed E-state index contributed by atoms with van der Waals surface area (Å²) in [4.78, 5) is 0. The first-order valence-electron chi connectivity index (χ1n) is 6.47. The predicted molar refractivity (Wildman–Crippen MR) is 89.3 cm³/mol. The number of hydrogen-bond acceptors (Lipinski definition) is 4. The zero-order chi connectivity index (χ0) is 15.5. The Hall–Kier alpha value is -1.86. The highest BCUT2D eigenvalue weighted by Gasteiger charge is 2.12. The molecule has 0 aliphatic rings. The van der Waals surface area contributed by atoms with Crippen LogP contribution in [0.5, 0.6) is 0 Å². The highest BCUT2D eigenvalue weighted by molar-refractivity contribution is 9.10. The minimum Gasteiger partial charge on any atom is -0.335 e. The van der Waals surface area contributed by atoms with E-state index in [1.807, 2.05) is 24.3 Å². The van der Waals surface area contributed by atoms with Gasteiger partial charge in [-0.05, 0) is 42.0 Å². The summed E-state index contributed by atoms with van der Waals surface area (Å²) in [6.45, 7) is 0. The van der Waals surface area contributed by atoms with Crippen LogP contribution in [0.4, 0.5) is 4.39 Å². The van der Waals surface area contributed by atoms with Gasteiger partial charge in [-0.2, -0.15) is 0 Å². The van der Waals surface area contributed by atoms with Crippen LogP contribution in [0.15, 0.2) is 58.2 Å². The van der Waals surface area contributed by atoms with Gasteiger partial charge in [0.25, 0.3) is 0 Å². The second kappa shape index (κ2) is 6.50. The van der Waals surface area contributed by atoms with Gasteiger partial charge in [-0.3, -0.25) is 0 Å². The summed E-state index contributed by atoms with van der Waals surface area (Å²) in [6.07, 6.45) is 0. The first-order valence-corrected chi connectivity index (χ1v) is 8.25. The van der Waals surface area contributed by atoms with E-state index in [1.54, 1.807) is 12.1 Å². The fourth-order valence-corrected chi connectivity index (χ4v) is 2.98. The van der Waals surface area contributed by atoms with Gasteiger partial charge < -0.3 is 5.84 Å². The van der Waals surface area contributed by atoms with E-state index in [-0.39, 0.29) is 5.82 Å². The summed E-state index contributed by atoms with van der Waals surface area (Å²) >= 11 is 4.91. The topological polar surface area (TPSA) is 56.7 Å². The molecule has 0 spiro atoms. The lowest BCUT2D eigenvalue weighted by molar-refractivity contribution is 0.628. The minimum atomic E-state index is -0.295. The number of aromatic nitrogens is 3. The van der Waals surface area contributed by atoms with Crippen LogP contribution in [0.2, 0.25) is 0 Å². The first kappa shape index (κ1) is 15.1. The number of hydrogen-bond donors (Lipinski definition) is 1. The summed E-state index contributed by atoms with van der Waals surface area (Å²) in [6, 6.07) is 14.1. The number of nitrogens with two attached hydrogens (primary N) is 1. The average Bonchev–Trinajstić information content (AvgIpc) is 2.89. The summed E-state index contributed by atoms with van der Waals surface area (Å²) in [7, 11) is 0. The Morgan fingerprint density at radius 3 is 2.41 bits per heavy atom. The standard InChI is InChI=1S/C15H12BrFN4S/c16-12-5-1-10(2-6-12)9-22-15-20-19-14(21(15)18)11-3-7-13(17)8-4-11/h1-8H,9,18H2. The molecule has 0 amide bonds. The van der Waals surface area contributed by atoms with E-state index in [0.717, 1.165) is 15.8 Å². The molecule has 7 heteroatoms. The van der Waals surface area contributed by atoms with Gasteiger partial charge in [-0.15, -0.1) is 10.2 Å². The van der Waals surface area contributed by atoms with Gasteiger partial charge in [-0.1, -0.05) is 39.8 Å². The summed E-state index contributed by atoms with van der Waals surface area (Å²) in [5, 5.41) is 8.79. The van der Waals surface area contributed by atoms with E-state index < -0.39 is 0 Å². The van der Waals surface area contributed by atoms with E-state index in [2.05, 4.69) is 26.1 Å². The van der Waals surface area contributed by atoms with Crippen molar-refractivity contribution in [3.05, 3.63) is 64.4 Å². The molecule has 0 radical (unpaired) electrons. The Kier molecular flexibility index (Phi) is 4.44. The molecule has 4 nitrogen and oxygen atoms in total. The molecule has 0 saturated heterocycles. The first-order chi connectivity index (χ1) is 10.6. The highest BCUT2D eigenvalue weighted by Crippen LogP contribution is 2.25. The van der Waals surface area contributed by atoms with Crippen LogP contribution < -0.4 is 5.84 Å². The van der Waals surface area contributed by atoms with E-state index in [1.165, 1.54) is 34.1 Å². The lowest BCUT2D eigenvalue weighted by Gasteiger charge is -2.04. The molecule has 0 unspecified atom stereocenters. The molecule has 2 N–H and O–H groups in total. The van der Waals surface area contributed by atoms with Crippen LogP contribution in [0, 0.1) is 5.82 Å². The minimum absolute atomic E-state index is 0.295. The number of halogens is 2. The highest BCUT2D eigenvalue weighted by atomic mass is 79.9. The fraction of sp³-hybridized carbons (Fsp3) is 0.0667. The van der Waals surface area contributed by atoms with Crippen LogP contribution >= 0.6 is 27.7 Å². The second-order valence-corrected chi connectivity index (χ2v) is 6.46. The van der Waals surface area contributed by atoms with E-state index in [9.17, 15) is 4.39 Å². The molecule has 22 heavy (non-hydrogen) atoms. The summed E-state index contributed by atoms with van der Waals surface area (Å²) in [5.41, 5.74) is 1.89. The van der Waals surface area contributed by atoms with Crippen LogP contribution in [-0.4, -0.2) is 14.9 Å². The lowest BCUT2D eigenvalue weighted by Crippen LogP contribution is -2.11. The van der Waals surface area contributed by atoms with Gasteiger partial charge in [0.15, 0.2) is 5.82 Å². The molecule has 0 aliphatic heterocycles. The Balaban J connectivity index is 1.75. The van der Waals surface area contributed by atoms with Crippen molar-refractivity contribution >= 4 is 27.7 Å². The summed E-state index contributed by atoms with van der Waals surface area (Å²) < 4.78 is 15.4. The second-order valence-electron chi connectivity index (χ2n) is 4.60. The third-order valence-corrected chi connectivity index (χ3v) is 4.59. The molecule has 0 atom stereocenters. The zero-order valence-corrected chi connectivity index (χ0v) is 13.8. The Labute approximate surface area is 139 Å². The maximum atomic E-state index is 13.0. The van der Waals surface area contributed by atoms with Crippen molar-refractivity contribution in [2.24, 2.45) is 0 Å². The molecule has 3 rings (SSSR count). The Morgan fingerprint density at radius 1 is 1.05 bits per heavy atom. The van der Waals surface area contributed by atoms with Crippen molar-refractivity contribution in [2.75, 3.05) is 5.84 Å². The molecule has 2 aromatic carbocycles. The lowest BCUT2D eigenvalue weighted by atomic mass is 10.2. The van der Waals surface area contributed by atoms with Crippen LogP contribution in [0.1, 0.15) is 5.56 Å². The van der Waals surface area contributed by atoms with Gasteiger partial charge in [0.1, 0.15) is 5.82 Å². The van der Waals surface area contributed by atoms with Crippen molar-refractivity contribution in [2.45, 2.75) is 10.9 Å². The largest absolute Gasteiger partial charge is 0.335 e. The zero-order valence-electron chi connectivity index (χ0n) is 11.4. The molecule has 1 heterocycles.